The molecular weight excluding hydrogens is 451 g/mol. The van der Waals surface area contributed by atoms with Crippen molar-refractivity contribution in [3.8, 4) is 0 Å². The highest BCUT2D eigenvalue weighted by Crippen LogP contribution is 2.41. The molecule has 2 fully saturated rings. The van der Waals surface area contributed by atoms with Crippen molar-refractivity contribution in [3.63, 3.8) is 0 Å². The molecule has 32 heavy (non-hydrogen) atoms. The van der Waals surface area contributed by atoms with Gasteiger partial charge in [0.25, 0.3) is 0 Å². The average molecular weight is 479 g/mol. The predicted molar refractivity (Wildman–Crippen MR) is 115 cm³/mol. The van der Waals surface area contributed by atoms with Gasteiger partial charge in [-0.1, -0.05) is 6.92 Å². The SMILES string of the molecule is CCN1CCC(C(S)C(=O)N2CCC(c3cc(F)cc(F)c3C(F)(F)F)CC2)/C(=N/N)C1. The molecule has 2 heterocycles. The molecule has 0 aromatic heterocycles. The molecule has 1 amide bonds. The number of benzene rings is 1. The minimum atomic E-state index is -4.93. The second kappa shape index (κ2) is 9.94. The smallest absolute Gasteiger partial charge is 0.342 e. The number of likely N-dealkylation sites (tertiary alicyclic amines) is 2. The minimum Gasteiger partial charge on any atom is -0.342 e. The Morgan fingerprint density at radius 1 is 1.22 bits per heavy atom. The van der Waals surface area contributed by atoms with Crippen molar-refractivity contribution >= 4 is 24.2 Å². The molecular formula is C21H27F5N4OS. The molecule has 0 spiro atoms. The first-order chi connectivity index (χ1) is 15.1. The van der Waals surface area contributed by atoms with Crippen LogP contribution in [-0.2, 0) is 11.0 Å². The Balaban J connectivity index is 1.69. The number of hydrogen-bond donors (Lipinski definition) is 2. The number of hydrogen-bond acceptors (Lipinski definition) is 5. The molecule has 0 radical (unpaired) electrons. The second-order valence-electron chi connectivity index (χ2n) is 8.28. The highest BCUT2D eigenvalue weighted by atomic mass is 32.1. The van der Waals surface area contributed by atoms with Gasteiger partial charge in [0.15, 0.2) is 0 Å². The Morgan fingerprint density at radius 2 is 1.88 bits per heavy atom. The van der Waals surface area contributed by atoms with E-state index in [1.54, 1.807) is 4.90 Å². The third-order valence-corrected chi connectivity index (χ3v) is 7.01. The first kappa shape index (κ1) is 24.8. The summed E-state index contributed by atoms with van der Waals surface area (Å²) in [4.78, 5) is 16.7. The Bertz CT molecular complexity index is 870. The number of hydrazone groups is 1. The number of halogens is 5. The van der Waals surface area contributed by atoms with Gasteiger partial charge in [0.2, 0.25) is 5.91 Å². The number of nitrogens with zero attached hydrogens (tertiary/aromatic N) is 3. The van der Waals surface area contributed by atoms with Crippen LogP contribution in [0.2, 0.25) is 0 Å². The van der Waals surface area contributed by atoms with Gasteiger partial charge >= 0.3 is 6.18 Å². The zero-order valence-electron chi connectivity index (χ0n) is 17.7. The van der Waals surface area contributed by atoms with Crippen LogP contribution >= 0.6 is 12.6 Å². The van der Waals surface area contributed by atoms with Crippen LogP contribution in [0.15, 0.2) is 17.2 Å². The molecule has 1 aromatic carbocycles. The summed E-state index contributed by atoms with van der Waals surface area (Å²) in [5, 5.41) is 3.19. The topological polar surface area (TPSA) is 61.9 Å². The van der Waals surface area contributed by atoms with Gasteiger partial charge in [-0.2, -0.15) is 30.9 Å². The van der Waals surface area contributed by atoms with E-state index in [1.165, 1.54) is 0 Å². The first-order valence-electron chi connectivity index (χ1n) is 10.6. The van der Waals surface area contributed by atoms with Crippen molar-refractivity contribution in [2.24, 2.45) is 16.9 Å². The predicted octanol–water partition coefficient (Wildman–Crippen LogP) is 3.64. The van der Waals surface area contributed by atoms with E-state index in [0.717, 1.165) is 19.2 Å². The summed E-state index contributed by atoms with van der Waals surface area (Å²) in [7, 11) is 0. The first-order valence-corrected chi connectivity index (χ1v) is 11.1. The zero-order valence-corrected chi connectivity index (χ0v) is 18.6. The molecule has 5 nitrogen and oxygen atoms in total. The standard InChI is InChI=1S/C21H27F5N4OS/c1-2-29-6-5-14(17(11-29)28-27)19(32)20(31)30-7-3-12(4-8-30)15-9-13(22)10-16(23)18(15)21(24,25)26/h9-10,12,14,19,32H,2-8,11,27H2,1H3/b28-17+. The van der Waals surface area contributed by atoms with E-state index < -0.39 is 40.1 Å². The summed E-state index contributed by atoms with van der Waals surface area (Å²) in [6.07, 6.45) is -3.91. The molecule has 178 valence electrons. The number of nitrogens with two attached hydrogens (primary N) is 1. The number of carbonyl (C=O) groups is 1. The van der Waals surface area contributed by atoms with E-state index in [9.17, 15) is 26.7 Å². The fourth-order valence-corrected chi connectivity index (χ4v) is 5.13. The Hall–Kier alpha value is -1.88. The van der Waals surface area contributed by atoms with E-state index in [1.807, 2.05) is 6.92 Å². The van der Waals surface area contributed by atoms with Crippen LogP contribution in [0.3, 0.4) is 0 Å². The molecule has 11 heteroatoms. The van der Waals surface area contributed by atoms with Crippen LogP contribution in [-0.4, -0.2) is 59.4 Å². The van der Waals surface area contributed by atoms with Crippen LogP contribution in [0.25, 0.3) is 0 Å². The van der Waals surface area contributed by atoms with Crippen LogP contribution in [0.5, 0.6) is 0 Å². The third-order valence-electron chi connectivity index (χ3n) is 6.43. The van der Waals surface area contributed by atoms with Crippen molar-refractivity contribution in [3.05, 3.63) is 34.9 Å². The van der Waals surface area contributed by atoms with Gasteiger partial charge in [0.1, 0.15) is 11.6 Å². The lowest BCUT2D eigenvalue weighted by Gasteiger charge is -2.38. The molecule has 0 aliphatic carbocycles. The van der Waals surface area contributed by atoms with Crippen LogP contribution in [0, 0.1) is 17.6 Å². The highest BCUT2D eigenvalue weighted by molar-refractivity contribution is 7.81. The maximum absolute atomic E-state index is 13.9. The third kappa shape index (κ3) is 5.19. The second-order valence-corrected chi connectivity index (χ2v) is 8.83. The molecule has 2 unspecified atom stereocenters. The molecule has 2 aliphatic rings. The lowest BCUT2D eigenvalue weighted by molar-refractivity contribution is -0.141. The van der Waals surface area contributed by atoms with Gasteiger partial charge in [0, 0.05) is 31.6 Å². The van der Waals surface area contributed by atoms with Crippen molar-refractivity contribution < 1.29 is 26.7 Å². The highest BCUT2D eigenvalue weighted by Gasteiger charge is 2.41. The number of rotatable bonds is 4. The molecule has 2 aliphatic heterocycles. The summed E-state index contributed by atoms with van der Waals surface area (Å²) in [6.45, 7) is 4.58. The molecule has 1 aromatic rings. The van der Waals surface area contributed by atoms with Gasteiger partial charge in [0.05, 0.1) is 16.5 Å². The minimum absolute atomic E-state index is 0.171. The Labute approximate surface area is 189 Å². The number of carbonyl (C=O) groups excluding carboxylic acids is 1. The van der Waals surface area contributed by atoms with E-state index in [4.69, 9.17) is 5.84 Å². The number of amides is 1. The van der Waals surface area contributed by atoms with Crippen LogP contribution in [0.4, 0.5) is 22.0 Å². The van der Waals surface area contributed by atoms with Gasteiger partial charge < -0.3 is 10.7 Å². The van der Waals surface area contributed by atoms with Crippen molar-refractivity contribution in [1.82, 2.24) is 9.80 Å². The number of thiol groups is 1. The Morgan fingerprint density at radius 3 is 2.44 bits per heavy atom. The molecule has 0 bridgehead atoms. The lowest BCUT2D eigenvalue weighted by Crippen LogP contribution is -2.50. The van der Waals surface area contributed by atoms with Crippen molar-refractivity contribution in [1.29, 1.82) is 0 Å². The van der Waals surface area contributed by atoms with E-state index in [2.05, 4.69) is 22.6 Å². The summed E-state index contributed by atoms with van der Waals surface area (Å²) in [5.41, 5.74) is -1.12. The summed E-state index contributed by atoms with van der Waals surface area (Å²) in [5.74, 6) is 1.72. The average Bonchev–Trinajstić information content (AvgIpc) is 2.76. The number of piperidine rings is 2. The van der Waals surface area contributed by atoms with E-state index in [-0.39, 0.29) is 43.8 Å². The van der Waals surface area contributed by atoms with Crippen LogP contribution in [0.1, 0.15) is 43.2 Å². The summed E-state index contributed by atoms with van der Waals surface area (Å²) in [6, 6.07) is 0.998. The molecule has 0 saturated carbocycles. The van der Waals surface area contributed by atoms with Crippen LogP contribution < -0.4 is 5.84 Å². The number of alkyl halides is 3. The van der Waals surface area contributed by atoms with E-state index >= 15 is 0 Å². The lowest BCUT2D eigenvalue weighted by atomic mass is 9.85. The Kier molecular flexibility index (Phi) is 7.69. The fraction of sp³-hybridized carbons (Fsp3) is 0.619. The maximum Gasteiger partial charge on any atom is 0.419 e. The molecule has 2 saturated heterocycles. The fourth-order valence-electron chi connectivity index (χ4n) is 4.64. The quantitative estimate of drug-likeness (QED) is 0.301. The molecule has 3 rings (SSSR count). The van der Waals surface area contributed by atoms with Gasteiger partial charge in [-0.15, -0.1) is 0 Å². The monoisotopic (exact) mass is 478 g/mol. The summed E-state index contributed by atoms with van der Waals surface area (Å²) >= 11 is 4.53. The maximum atomic E-state index is 13.9. The van der Waals surface area contributed by atoms with E-state index in [0.29, 0.717) is 18.7 Å². The summed E-state index contributed by atoms with van der Waals surface area (Å²) < 4.78 is 67.7. The normalized spacial score (nSPS) is 23.5. The van der Waals surface area contributed by atoms with Crippen molar-refractivity contribution in [2.45, 2.75) is 43.5 Å². The molecule has 2 atom stereocenters. The van der Waals surface area contributed by atoms with Gasteiger partial charge in [-0.3, -0.25) is 9.69 Å². The van der Waals surface area contributed by atoms with Gasteiger partial charge in [-0.25, -0.2) is 8.78 Å². The molecule has 2 N–H and O–H groups in total. The van der Waals surface area contributed by atoms with Gasteiger partial charge in [-0.05, 0) is 49.9 Å². The van der Waals surface area contributed by atoms with Crippen molar-refractivity contribution in [2.75, 3.05) is 32.7 Å². The zero-order chi connectivity index (χ0) is 23.6. The largest absolute Gasteiger partial charge is 0.419 e.